The highest BCUT2D eigenvalue weighted by atomic mass is 32.1. The Hall–Kier alpha value is -1.38. The first kappa shape index (κ1) is 12.1. The van der Waals surface area contributed by atoms with E-state index in [9.17, 15) is 4.79 Å². The maximum Gasteiger partial charge on any atom is 0.228 e. The molecule has 1 fully saturated rings. The predicted octanol–water partition coefficient (Wildman–Crippen LogP) is 1.39. The maximum absolute atomic E-state index is 11.7. The Kier molecular flexibility index (Phi) is 4.13. The number of rotatable bonds is 2. The Morgan fingerprint density at radius 3 is 3.18 bits per heavy atom. The van der Waals surface area contributed by atoms with E-state index in [1.165, 1.54) is 11.3 Å². The number of anilines is 1. The summed E-state index contributed by atoms with van der Waals surface area (Å²) in [5.41, 5.74) is 0. The second-order valence-electron chi connectivity index (χ2n) is 3.78. The minimum Gasteiger partial charge on any atom is -0.395 e. The first-order valence-electron chi connectivity index (χ1n) is 5.67. The van der Waals surface area contributed by atoms with Crippen molar-refractivity contribution >= 4 is 22.4 Å². The summed E-state index contributed by atoms with van der Waals surface area (Å²) in [6.45, 7) is 0.832. The van der Waals surface area contributed by atoms with Crippen LogP contribution in [0.5, 0.6) is 0 Å². The molecule has 1 amide bonds. The number of aliphatic hydroxyl groups is 1. The third kappa shape index (κ3) is 3.05. The monoisotopic (exact) mass is 250 g/mol. The summed E-state index contributed by atoms with van der Waals surface area (Å²) < 4.78 is 0. The number of aromatic nitrogens is 1. The average Bonchev–Trinajstić information content (AvgIpc) is 2.79. The fraction of sp³-hybridized carbons (Fsp3) is 0.500. The number of aliphatic hydroxyl groups excluding tert-OH is 1. The molecule has 1 aromatic rings. The fourth-order valence-corrected chi connectivity index (χ4v) is 2.50. The van der Waals surface area contributed by atoms with Crippen molar-refractivity contribution in [1.29, 1.82) is 0 Å². The number of piperidine rings is 1. The maximum atomic E-state index is 11.7. The molecule has 0 saturated carbocycles. The summed E-state index contributed by atoms with van der Waals surface area (Å²) in [6.07, 6.45) is 4.79. The summed E-state index contributed by atoms with van der Waals surface area (Å²) >= 11 is 1.43. The Morgan fingerprint density at radius 1 is 1.53 bits per heavy atom. The molecule has 5 heteroatoms. The van der Waals surface area contributed by atoms with Crippen molar-refractivity contribution in [1.82, 2.24) is 4.98 Å². The Balaban J connectivity index is 2.07. The Labute approximate surface area is 104 Å². The molecule has 1 saturated heterocycles. The highest BCUT2D eigenvalue weighted by Crippen LogP contribution is 2.25. The molecule has 1 aromatic heterocycles. The lowest BCUT2D eigenvalue weighted by molar-refractivity contribution is -0.119. The van der Waals surface area contributed by atoms with Gasteiger partial charge < -0.3 is 5.11 Å². The molecule has 0 bridgehead atoms. The molecule has 90 valence electrons. The van der Waals surface area contributed by atoms with Crippen LogP contribution in [0.4, 0.5) is 5.13 Å². The molecule has 2 heterocycles. The molecular formula is C12H14N2O2S. The van der Waals surface area contributed by atoms with Gasteiger partial charge in [-0.05, 0) is 12.8 Å². The normalized spacial score (nSPS) is 15.6. The van der Waals surface area contributed by atoms with Crippen molar-refractivity contribution in [2.24, 2.45) is 0 Å². The summed E-state index contributed by atoms with van der Waals surface area (Å²) in [4.78, 5) is 18.5. The van der Waals surface area contributed by atoms with Crippen LogP contribution in [0.2, 0.25) is 0 Å². The first-order valence-corrected chi connectivity index (χ1v) is 6.49. The van der Waals surface area contributed by atoms with Crippen LogP contribution >= 0.6 is 11.3 Å². The van der Waals surface area contributed by atoms with E-state index in [-0.39, 0.29) is 12.5 Å². The molecule has 0 aliphatic carbocycles. The molecule has 1 aliphatic rings. The molecule has 1 aliphatic heterocycles. The molecule has 2 rings (SSSR count). The molecule has 1 N–H and O–H groups in total. The number of thiazole rings is 1. The van der Waals surface area contributed by atoms with Crippen LogP contribution in [-0.4, -0.2) is 29.1 Å². The zero-order valence-corrected chi connectivity index (χ0v) is 10.3. The average molecular weight is 250 g/mol. The van der Waals surface area contributed by atoms with Crippen molar-refractivity contribution in [2.45, 2.75) is 25.7 Å². The number of hydrogen-bond acceptors (Lipinski definition) is 4. The van der Waals surface area contributed by atoms with Crippen molar-refractivity contribution in [3.63, 3.8) is 0 Å². The van der Waals surface area contributed by atoms with Gasteiger partial charge in [0.2, 0.25) is 5.91 Å². The molecule has 0 atom stereocenters. The van der Waals surface area contributed by atoms with E-state index in [2.05, 4.69) is 16.8 Å². The fourth-order valence-electron chi connectivity index (χ4n) is 1.66. The SMILES string of the molecule is O=C1CCCCN1c1ncc(C#CCCO)s1. The zero-order valence-electron chi connectivity index (χ0n) is 9.48. The van der Waals surface area contributed by atoms with Crippen molar-refractivity contribution in [3.8, 4) is 11.8 Å². The van der Waals surface area contributed by atoms with Crippen LogP contribution in [0.15, 0.2) is 6.20 Å². The van der Waals surface area contributed by atoms with Gasteiger partial charge in [0.15, 0.2) is 5.13 Å². The summed E-state index contributed by atoms with van der Waals surface area (Å²) in [5, 5.41) is 9.36. The van der Waals surface area contributed by atoms with Gasteiger partial charge in [0, 0.05) is 19.4 Å². The van der Waals surface area contributed by atoms with E-state index in [0.717, 1.165) is 29.4 Å². The van der Waals surface area contributed by atoms with Gasteiger partial charge in [-0.1, -0.05) is 23.2 Å². The second kappa shape index (κ2) is 5.80. The molecule has 17 heavy (non-hydrogen) atoms. The number of carbonyl (C=O) groups is 1. The van der Waals surface area contributed by atoms with E-state index in [1.807, 2.05) is 0 Å². The van der Waals surface area contributed by atoms with Crippen molar-refractivity contribution < 1.29 is 9.90 Å². The van der Waals surface area contributed by atoms with Crippen LogP contribution in [-0.2, 0) is 4.79 Å². The van der Waals surface area contributed by atoms with Gasteiger partial charge >= 0.3 is 0 Å². The summed E-state index contributed by atoms with van der Waals surface area (Å²) in [7, 11) is 0. The number of nitrogens with zero attached hydrogens (tertiary/aromatic N) is 2. The van der Waals surface area contributed by atoms with Crippen LogP contribution < -0.4 is 4.90 Å². The second-order valence-corrected chi connectivity index (χ2v) is 4.79. The van der Waals surface area contributed by atoms with E-state index in [1.54, 1.807) is 11.1 Å². The third-order valence-corrected chi connectivity index (χ3v) is 3.43. The van der Waals surface area contributed by atoms with E-state index < -0.39 is 0 Å². The zero-order chi connectivity index (χ0) is 12.1. The molecular weight excluding hydrogens is 236 g/mol. The number of amides is 1. The Morgan fingerprint density at radius 2 is 2.41 bits per heavy atom. The largest absolute Gasteiger partial charge is 0.395 e. The molecule has 0 radical (unpaired) electrons. The van der Waals surface area contributed by atoms with Gasteiger partial charge in [-0.25, -0.2) is 4.98 Å². The quantitative estimate of drug-likeness (QED) is 0.807. The van der Waals surface area contributed by atoms with Gasteiger partial charge in [0.25, 0.3) is 0 Å². The highest BCUT2D eigenvalue weighted by molar-refractivity contribution is 7.16. The summed E-state index contributed by atoms with van der Waals surface area (Å²) in [5.74, 6) is 5.93. The summed E-state index contributed by atoms with van der Waals surface area (Å²) in [6, 6.07) is 0. The van der Waals surface area contributed by atoms with Crippen LogP contribution in [0, 0.1) is 11.8 Å². The third-order valence-electron chi connectivity index (χ3n) is 2.50. The lowest BCUT2D eigenvalue weighted by atomic mass is 10.1. The van der Waals surface area contributed by atoms with E-state index >= 15 is 0 Å². The number of hydrogen-bond donors (Lipinski definition) is 1. The molecule has 4 nitrogen and oxygen atoms in total. The topological polar surface area (TPSA) is 53.4 Å². The van der Waals surface area contributed by atoms with Crippen molar-refractivity contribution in [3.05, 3.63) is 11.1 Å². The molecule has 0 spiro atoms. The highest BCUT2D eigenvalue weighted by Gasteiger charge is 2.21. The first-order chi connectivity index (χ1) is 8.31. The minimum atomic E-state index is 0.0727. The van der Waals surface area contributed by atoms with Gasteiger partial charge in [-0.3, -0.25) is 9.69 Å². The lowest BCUT2D eigenvalue weighted by Gasteiger charge is -2.23. The van der Waals surface area contributed by atoms with Gasteiger partial charge in [0.05, 0.1) is 17.7 Å². The van der Waals surface area contributed by atoms with Crippen LogP contribution in [0.3, 0.4) is 0 Å². The van der Waals surface area contributed by atoms with Crippen LogP contribution in [0.1, 0.15) is 30.6 Å². The lowest BCUT2D eigenvalue weighted by Crippen LogP contribution is -2.34. The van der Waals surface area contributed by atoms with Crippen LogP contribution in [0.25, 0.3) is 0 Å². The van der Waals surface area contributed by atoms with Crippen molar-refractivity contribution in [2.75, 3.05) is 18.1 Å². The Bertz CT molecular complexity index is 459. The molecule has 0 aromatic carbocycles. The number of carbonyl (C=O) groups excluding carboxylic acids is 1. The van der Waals surface area contributed by atoms with Gasteiger partial charge in [0.1, 0.15) is 0 Å². The molecule has 0 unspecified atom stereocenters. The minimum absolute atomic E-state index is 0.0727. The smallest absolute Gasteiger partial charge is 0.228 e. The standard InChI is InChI=1S/C12H14N2O2S/c15-8-4-2-5-10-9-13-12(17-10)14-7-3-1-6-11(14)16/h9,15H,1,3-4,6-8H2. The van der Waals surface area contributed by atoms with E-state index in [0.29, 0.717) is 12.8 Å². The predicted molar refractivity (Wildman–Crippen MR) is 66.9 cm³/mol. The van der Waals surface area contributed by atoms with Gasteiger partial charge in [-0.15, -0.1) is 0 Å². The van der Waals surface area contributed by atoms with E-state index in [4.69, 9.17) is 5.11 Å². The van der Waals surface area contributed by atoms with Gasteiger partial charge in [-0.2, -0.15) is 0 Å².